The maximum absolute atomic E-state index is 14.3. The molecule has 2 atom stereocenters. The lowest BCUT2D eigenvalue weighted by atomic mass is 9.82. The summed E-state index contributed by atoms with van der Waals surface area (Å²) in [5, 5.41) is 3.16. The zero-order valence-electron chi connectivity index (χ0n) is 21.3. The lowest BCUT2D eigenvalue weighted by Crippen LogP contribution is -2.49. The van der Waals surface area contributed by atoms with Crippen molar-refractivity contribution in [2.24, 2.45) is 0 Å². The minimum atomic E-state index is -1.12. The van der Waals surface area contributed by atoms with Crippen molar-refractivity contribution in [2.45, 2.75) is 42.1 Å². The third-order valence-electron chi connectivity index (χ3n) is 6.98. The molecule has 6 heteroatoms. The van der Waals surface area contributed by atoms with Gasteiger partial charge >= 0.3 is 0 Å². The molecule has 2 radical (unpaired) electrons. The van der Waals surface area contributed by atoms with Crippen LogP contribution in [0.4, 0.5) is 0 Å². The third kappa shape index (κ3) is 5.41. The van der Waals surface area contributed by atoms with E-state index in [9.17, 15) is 9.59 Å². The SMILES string of the molecule is [B]c1ccccc1C1N(Cc2ccccc2)C(=O)CC1(Sc1ccc(C)cc1)C(=O)NCc1ccccc1. The van der Waals surface area contributed by atoms with Crippen molar-refractivity contribution in [3.05, 3.63) is 131 Å². The second-order valence-corrected chi connectivity index (χ2v) is 11.1. The van der Waals surface area contributed by atoms with Gasteiger partial charge in [-0.2, -0.15) is 0 Å². The first-order chi connectivity index (χ1) is 18.5. The summed E-state index contributed by atoms with van der Waals surface area (Å²) >= 11 is 1.45. The fourth-order valence-electron chi connectivity index (χ4n) is 5.04. The number of amides is 2. The van der Waals surface area contributed by atoms with E-state index >= 15 is 0 Å². The van der Waals surface area contributed by atoms with Crippen LogP contribution in [0.25, 0.3) is 0 Å². The summed E-state index contributed by atoms with van der Waals surface area (Å²) < 4.78 is -1.12. The molecule has 1 aliphatic heterocycles. The summed E-state index contributed by atoms with van der Waals surface area (Å²) in [4.78, 5) is 30.9. The van der Waals surface area contributed by atoms with Crippen LogP contribution < -0.4 is 10.8 Å². The van der Waals surface area contributed by atoms with Gasteiger partial charge in [-0.3, -0.25) is 9.59 Å². The number of thioether (sulfide) groups is 1. The zero-order chi connectivity index (χ0) is 26.5. The van der Waals surface area contributed by atoms with E-state index in [0.29, 0.717) is 18.6 Å². The Labute approximate surface area is 229 Å². The Bertz CT molecular complexity index is 1410. The molecule has 4 aromatic carbocycles. The number of nitrogens with zero attached hydrogens (tertiary/aromatic N) is 1. The van der Waals surface area contributed by atoms with Crippen LogP contribution in [-0.4, -0.2) is 29.3 Å². The number of rotatable bonds is 8. The van der Waals surface area contributed by atoms with Crippen molar-refractivity contribution in [3.63, 3.8) is 0 Å². The smallest absolute Gasteiger partial charge is 0.239 e. The quantitative estimate of drug-likeness (QED) is 0.331. The Morgan fingerprint density at radius 2 is 1.50 bits per heavy atom. The standard InChI is InChI=1S/C32H29BN2O2S/c1-23-16-18-26(19-17-23)38-32(31(37)34-21-24-10-4-2-5-11-24)20-29(36)35(22-25-12-6-3-7-13-25)30(32)27-14-8-9-15-28(27)33/h2-19,30H,20-22H2,1H3,(H,34,37). The highest BCUT2D eigenvalue weighted by atomic mass is 32.2. The van der Waals surface area contributed by atoms with E-state index in [1.54, 1.807) is 0 Å². The summed E-state index contributed by atoms with van der Waals surface area (Å²) in [6.45, 7) is 2.80. The molecule has 4 nitrogen and oxygen atoms in total. The topological polar surface area (TPSA) is 49.4 Å². The Morgan fingerprint density at radius 1 is 0.895 bits per heavy atom. The molecule has 0 aromatic heterocycles. The van der Waals surface area contributed by atoms with E-state index in [1.165, 1.54) is 11.8 Å². The first-order valence-corrected chi connectivity index (χ1v) is 13.5. The molecular weight excluding hydrogens is 487 g/mol. The third-order valence-corrected chi connectivity index (χ3v) is 8.40. The van der Waals surface area contributed by atoms with Crippen LogP contribution in [0, 0.1) is 6.92 Å². The van der Waals surface area contributed by atoms with Crippen molar-refractivity contribution < 1.29 is 9.59 Å². The number of hydrogen-bond acceptors (Lipinski definition) is 3. The maximum atomic E-state index is 14.3. The summed E-state index contributed by atoms with van der Waals surface area (Å²) in [6, 6.07) is 34.8. The number of carbonyl (C=O) groups excluding carboxylic acids is 2. The molecule has 1 N–H and O–H groups in total. The highest BCUT2D eigenvalue weighted by Gasteiger charge is 2.58. The second-order valence-electron chi connectivity index (χ2n) is 9.69. The summed E-state index contributed by atoms with van der Waals surface area (Å²) in [5.74, 6) is -0.249. The molecule has 1 aliphatic rings. The number of hydrogen-bond donors (Lipinski definition) is 1. The minimum Gasteiger partial charge on any atom is -0.351 e. The predicted molar refractivity (Wildman–Crippen MR) is 154 cm³/mol. The Hall–Kier alpha value is -3.77. The predicted octanol–water partition coefficient (Wildman–Crippen LogP) is 5.11. The summed E-state index contributed by atoms with van der Waals surface area (Å²) in [6.07, 6.45) is 0.0675. The van der Waals surface area contributed by atoms with Crippen LogP contribution in [0.15, 0.2) is 114 Å². The van der Waals surface area contributed by atoms with E-state index < -0.39 is 10.8 Å². The Balaban J connectivity index is 1.60. The maximum Gasteiger partial charge on any atom is 0.239 e. The zero-order valence-corrected chi connectivity index (χ0v) is 22.2. The number of carbonyl (C=O) groups is 2. The molecule has 1 heterocycles. The van der Waals surface area contributed by atoms with Gasteiger partial charge in [0.1, 0.15) is 12.6 Å². The molecule has 1 saturated heterocycles. The average molecular weight is 516 g/mol. The number of aryl methyl sites for hydroxylation is 1. The molecule has 1 fully saturated rings. The van der Waals surface area contributed by atoms with Crippen LogP contribution in [0.1, 0.15) is 34.7 Å². The van der Waals surface area contributed by atoms with Gasteiger partial charge in [0.05, 0.1) is 12.5 Å². The highest BCUT2D eigenvalue weighted by Crippen LogP contribution is 2.52. The van der Waals surface area contributed by atoms with Crippen LogP contribution >= 0.6 is 11.8 Å². The van der Waals surface area contributed by atoms with Crippen LogP contribution in [0.5, 0.6) is 0 Å². The fourth-order valence-corrected chi connectivity index (χ4v) is 6.46. The average Bonchev–Trinajstić information content (AvgIpc) is 3.21. The first kappa shape index (κ1) is 25.9. The number of nitrogens with one attached hydrogen (secondary N) is 1. The van der Waals surface area contributed by atoms with Gasteiger partial charge in [-0.25, -0.2) is 0 Å². The van der Waals surface area contributed by atoms with Crippen molar-refractivity contribution in [2.75, 3.05) is 0 Å². The Kier molecular flexibility index (Phi) is 7.71. The van der Waals surface area contributed by atoms with Gasteiger partial charge in [-0.1, -0.05) is 108 Å². The number of benzene rings is 4. The van der Waals surface area contributed by atoms with Crippen LogP contribution in [0.2, 0.25) is 0 Å². The molecule has 2 unspecified atom stereocenters. The van der Waals surface area contributed by atoms with E-state index in [4.69, 9.17) is 7.85 Å². The lowest BCUT2D eigenvalue weighted by Gasteiger charge is -2.37. The van der Waals surface area contributed by atoms with Gasteiger partial charge in [0.25, 0.3) is 0 Å². The first-order valence-electron chi connectivity index (χ1n) is 12.7. The largest absolute Gasteiger partial charge is 0.351 e. The fraction of sp³-hybridized carbons (Fsp3) is 0.188. The molecule has 4 aromatic rings. The highest BCUT2D eigenvalue weighted by molar-refractivity contribution is 8.01. The molecule has 5 rings (SSSR count). The van der Waals surface area contributed by atoms with Crippen molar-refractivity contribution in [1.82, 2.24) is 10.2 Å². The monoisotopic (exact) mass is 516 g/mol. The molecule has 0 aliphatic carbocycles. The molecule has 38 heavy (non-hydrogen) atoms. The normalized spacial score (nSPS) is 18.9. The number of likely N-dealkylation sites (tertiary alicyclic amines) is 1. The molecule has 0 spiro atoms. The van der Waals surface area contributed by atoms with E-state index in [2.05, 4.69) is 5.32 Å². The molecular formula is C32H29BN2O2S. The molecule has 0 bridgehead atoms. The summed E-state index contributed by atoms with van der Waals surface area (Å²) in [7, 11) is 6.52. The lowest BCUT2D eigenvalue weighted by molar-refractivity contribution is -0.129. The van der Waals surface area contributed by atoms with Crippen molar-refractivity contribution >= 4 is 36.9 Å². The van der Waals surface area contributed by atoms with Gasteiger partial charge in [-0.15, -0.1) is 11.8 Å². The van der Waals surface area contributed by atoms with E-state index in [1.807, 2.05) is 121 Å². The van der Waals surface area contributed by atoms with Crippen molar-refractivity contribution in [3.8, 4) is 0 Å². The van der Waals surface area contributed by atoms with Gasteiger partial charge in [0.15, 0.2) is 0 Å². The second kappa shape index (κ2) is 11.3. The van der Waals surface area contributed by atoms with Gasteiger partial charge in [0, 0.05) is 18.0 Å². The van der Waals surface area contributed by atoms with Crippen molar-refractivity contribution in [1.29, 1.82) is 0 Å². The molecule has 0 saturated carbocycles. The van der Waals surface area contributed by atoms with Gasteiger partial charge in [-0.05, 0) is 35.7 Å². The van der Waals surface area contributed by atoms with E-state index in [0.717, 1.165) is 27.1 Å². The van der Waals surface area contributed by atoms with Gasteiger partial charge < -0.3 is 10.2 Å². The van der Waals surface area contributed by atoms with Crippen LogP contribution in [-0.2, 0) is 22.7 Å². The minimum absolute atomic E-state index is 0.0675. The molecule has 2 amide bonds. The Morgan fingerprint density at radius 3 is 2.16 bits per heavy atom. The van der Waals surface area contributed by atoms with Gasteiger partial charge in [0.2, 0.25) is 11.8 Å². The van der Waals surface area contributed by atoms with E-state index in [-0.39, 0.29) is 18.2 Å². The molecule has 188 valence electrons. The van der Waals surface area contributed by atoms with Crippen LogP contribution in [0.3, 0.4) is 0 Å². The summed E-state index contributed by atoms with van der Waals surface area (Å²) in [5.41, 5.74) is 4.48.